The lowest BCUT2D eigenvalue weighted by atomic mass is 10.2. The summed E-state index contributed by atoms with van der Waals surface area (Å²) in [5, 5.41) is 19.9. The van der Waals surface area contributed by atoms with Crippen LogP contribution in [0.3, 0.4) is 0 Å². The van der Waals surface area contributed by atoms with Crippen LogP contribution >= 0.6 is 0 Å². The molecule has 2 amide bonds. The first-order chi connectivity index (χ1) is 9.95. The van der Waals surface area contributed by atoms with E-state index in [4.69, 9.17) is 10.2 Å². The van der Waals surface area contributed by atoms with E-state index in [-0.39, 0.29) is 25.5 Å². The van der Waals surface area contributed by atoms with Crippen LogP contribution in [0.15, 0.2) is 30.3 Å². The van der Waals surface area contributed by atoms with Gasteiger partial charge in [0, 0.05) is 25.6 Å². The fourth-order valence-corrected chi connectivity index (χ4v) is 1.71. The highest BCUT2D eigenvalue weighted by molar-refractivity contribution is 5.96. The molecule has 0 aliphatic heterocycles. The number of amides is 2. The highest BCUT2D eigenvalue weighted by Gasteiger charge is 2.21. The Morgan fingerprint density at radius 1 is 1.24 bits per heavy atom. The maximum atomic E-state index is 12.0. The molecule has 1 unspecified atom stereocenters. The highest BCUT2D eigenvalue weighted by Crippen LogP contribution is 2.02. The molecule has 0 aromatic heterocycles. The third-order valence-electron chi connectivity index (χ3n) is 2.80. The number of aliphatic hydroxyl groups is 1. The molecule has 7 nitrogen and oxygen atoms in total. The molecular weight excluding hydrogens is 276 g/mol. The molecule has 1 atom stereocenters. The first-order valence-electron chi connectivity index (χ1n) is 6.39. The summed E-state index contributed by atoms with van der Waals surface area (Å²) >= 11 is 0. The van der Waals surface area contributed by atoms with Crippen molar-refractivity contribution < 1.29 is 24.6 Å². The van der Waals surface area contributed by atoms with E-state index in [1.165, 1.54) is 11.9 Å². The molecule has 0 heterocycles. The number of carboxylic acids is 1. The zero-order valence-corrected chi connectivity index (χ0v) is 11.7. The summed E-state index contributed by atoms with van der Waals surface area (Å²) in [5.41, 5.74) is 0.443. The number of aliphatic carboxylic acids is 1. The van der Waals surface area contributed by atoms with Gasteiger partial charge in [0.1, 0.15) is 6.04 Å². The van der Waals surface area contributed by atoms with Crippen LogP contribution in [0.25, 0.3) is 0 Å². The molecule has 3 N–H and O–H groups in total. The van der Waals surface area contributed by atoms with Crippen LogP contribution in [0, 0.1) is 0 Å². The van der Waals surface area contributed by atoms with Gasteiger partial charge in [-0.1, -0.05) is 18.2 Å². The van der Waals surface area contributed by atoms with Gasteiger partial charge in [-0.3, -0.25) is 9.59 Å². The molecule has 1 rings (SSSR count). The maximum Gasteiger partial charge on any atom is 0.326 e. The number of aliphatic hydroxyl groups excluding tert-OH is 1. The number of carbonyl (C=O) groups is 3. The number of rotatable bonds is 7. The molecule has 1 aromatic carbocycles. The average Bonchev–Trinajstić information content (AvgIpc) is 2.46. The summed E-state index contributed by atoms with van der Waals surface area (Å²) in [6.45, 7) is -0.612. The second kappa shape index (κ2) is 8.01. The molecule has 0 saturated heterocycles. The Labute approximate surface area is 122 Å². The van der Waals surface area contributed by atoms with Gasteiger partial charge in [0.25, 0.3) is 5.91 Å². The normalized spacial score (nSPS) is 11.5. The smallest absolute Gasteiger partial charge is 0.326 e. The Morgan fingerprint density at radius 2 is 1.86 bits per heavy atom. The van der Waals surface area contributed by atoms with Crippen molar-refractivity contribution in [2.24, 2.45) is 0 Å². The predicted octanol–water partition coefficient (Wildman–Crippen LogP) is -0.290. The number of carbonyl (C=O) groups excluding carboxylic acids is 2. The number of carboxylic acid groups (broad SMARTS) is 1. The van der Waals surface area contributed by atoms with Gasteiger partial charge < -0.3 is 20.4 Å². The summed E-state index contributed by atoms with van der Waals surface area (Å²) in [6, 6.07) is 7.29. The van der Waals surface area contributed by atoms with Gasteiger partial charge in [-0.05, 0) is 12.1 Å². The van der Waals surface area contributed by atoms with Gasteiger partial charge in [0.05, 0.1) is 6.54 Å². The first-order valence-corrected chi connectivity index (χ1v) is 6.39. The number of benzene rings is 1. The van der Waals surface area contributed by atoms with Crippen LogP contribution in [-0.4, -0.2) is 59.1 Å². The average molecular weight is 294 g/mol. The highest BCUT2D eigenvalue weighted by atomic mass is 16.4. The summed E-state index contributed by atoms with van der Waals surface area (Å²) in [7, 11) is 1.46. The van der Waals surface area contributed by atoms with E-state index in [1.54, 1.807) is 30.3 Å². The van der Waals surface area contributed by atoms with Crippen LogP contribution in [0.2, 0.25) is 0 Å². The van der Waals surface area contributed by atoms with Crippen molar-refractivity contribution in [2.45, 2.75) is 12.5 Å². The van der Waals surface area contributed by atoms with Crippen molar-refractivity contribution in [1.29, 1.82) is 0 Å². The van der Waals surface area contributed by atoms with E-state index in [1.807, 2.05) is 0 Å². The quantitative estimate of drug-likeness (QED) is 0.640. The SMILES string of the molecule is CN(CC(=O)NC(CCO)C(=O)O)C(=O)c1ccccc1. The van der Waals surface area contributed by atoms with Gasteiger partial charge in [-0.2, -0.15) is 0 Å². The molecule has 0 spiro atoms. The Balaban J connectivity index is 2.57. The van der Waals surface area contributed by atoms with E-state index in [0.717, 1.165) is 0 Å². The Morgan fingerprint density at radius 3 is 2.38 bits per heavy atom. The largest absolute Gasteiger partial charge is 0.480 e. The van der Waals surface area contributed by atoms with Gasteiger partial charge in [-0.25, -0.2) is 4.79 Å². The van der Waals surface area contributed by atoms with Crippen LogP contribution in [0.4, 0.5) is 0 Å². The number of nitrogens with zero attached hydrogens (tertiary/aromatic N) is 1. The number of hydrogen-bond acceptors (Lipinski definition) is 4. The van der Waals surface area contributed by atoms with E-state index < -0.39 is 17.9 Å². The number of hydrogen-bond donors (Lipinski definition) is 3. The van der Waals surface area contributed by atoms with Gasteiger partial charge >= 0.3 is 5.97 Å². The van der Waals surface area contributed by atoms with Crippen LogP contribution in [-0.2, 0) is 9.59 Å². The molecule has 7 heteroatoms. The molecule has 0 bridgehead atoms. The van der Waals surface area contributed by atoms with Crippen molar-refractivity contribution in [2.75, 3.05) is 20.2 Å². The van der Waals surface area contributed by atoms with Crippen LogP contribution in [0.5, 0.6) is 0 Å². The third-order valence-corrected chi connectivity index (χ3v) is 2.80. The van der Waals surface area contributed by atoms with E-state index in [2.05, 4.69) is 5.32 Å². The maximum absolute atomic E-state index is 12.0. The Hall–Kier alpha value is -2.41. The minimum Gasteiger partial charge on any atom is -0.480 e. The summed E-state index contributed by atoms with van der Waals surface area (Å²) in [4.78, 5) is 35.8. The van der Waals surface area contributed by atoms with Gasteiger partial charge in [0.2, 0.25) is 5.91 Å². The number of likely N-dealkylation sites (N-methyl/N-ethyl adjacent to an activating group) is 1. The topological polar surface area (TPSA) is 107 Å². The fraction of sp³-hybridized carbons (Fsp3) is 0.357. The monoisotopic (exact) mass is 294 g/mol. The molecule has 21 heavy (non-hydrogen) atoms. The minimum atomic E-state index is -1.23. The molecule has 0 aliphatic rings. The minimum absolute atomic E-state index is 0.0859. The van der Waals surface area contributed by atoms with Gasteiger partial charge in [-0.15, -0.1) is 0 Å². The molecule has 0 saturated carbocycles. The van der Waals surface area contributed by atoms with Crippen LogP contribution in [0.1, 0.15) is 16.8 Å². The number of nitrogens with one attached hydrogen (secondary N) is 1. The summed E-state index contributed by atoms with van der Waals surface area (Å²) < 4.78 is 0. The lowest BCUT2D eigenvalue weighted by molar-refractivity contribution is -0.142. The molecule has 114 valence electrons. The lowest BCUT2D eigenvalue weighted by Gasteiger charge is -2.19. The summed E-state index contributed by atoms with van der Waals surface area (Å²) in [5.74, 6) is -2.16. The molecule has 0 fully saturated rings. The van der Waals surface area contributed by atoms with E-state index >= 15 is 0 Å². The van der Waals surface area contributed by atoms with Gasteiger partial charge in [0.15, 0.2) is 0 Å². The van der Waals surface area contributed by atoms with Crippen molar-refractivity contribution in [1.82, 2.24) is 10.2 Å². The molecule has 0 radical (unpaired) electrons. The van der Waals surface area contributed by atoms with Crippen molar-refractivity contribution in [3.05, 3.63) is 35.9 Å². The predicted molar refractivity (Wildman–Crippen MR) is 74.7 cm³/mol. The van der Waals surface area contributed by atoms with Crippen molar-refractivity contribution in [3.63, 3.8) is 0 Å². The zero-order valence-electron chi connectivity index (χ0n) is 11.7. The third kappa shape index (κ3) is 5.23. The first kappa shape index (κ1) is 16.6. The Kier molecular flexibility index (Phi) is 6.35. The molecule has 0 aliphatic carbocycles. The standard InChI is InChI=1S/C14H18N2O5/c1-16(13(19)10-5-3-2-4-6-10)9-12(18)15-11(7-8-17)14(20)21/h2-6,11,17H,7-9H2,1H3,(H,15,18)(H,20,21). The van der Waals surface area contributed by atoms with E-state index in [0.29, 0.717) is 5.56 Å². The summed E-state index contributed by atoms with van der Waals surface area (Å²) in [6.07, 6.45) is -0.0859. The van der Waals surface area contributed by atoms with E-state index in [9.17, 15) is 14.4 Å². The van der Waals surface area contributed by atoms with Crippen LogP contribution < -0.4 is 5.32 Å². The van der Waals surface area contributed by atoms with Crippen molar-refractivity contribution >= 4 is 17.8 Å². The lowest BCUT2D eigenvalue weighted by Crippen LogP contribution is -2.46. The molecular formula is C14H18N2O5. The fourth-order valence-electron chi connectivity index (χ4n) is 1.71. The second-order valence-electron chi connectivity index (χ2n) is 4.50. The zero-order chi connectivity index (χ0) is 15.8. The second-order valence-corrected chi connectivity index (χ2v) is 4.50. The van der Waals surface area contributed by atoms with Crippen molar-refractivity contribution in [3.8, 4) is 0 Å². The Bertz CT molecular complexity index is 503. The molecule has 1 aromatic rings.